The van der Waals surface area contributed by atoms with Gasteiger partial charge >= 0.3 is 6.18 Å². The number of rotatable bonds is 6. The lowest BCUT2D eigenvalue weighted by Crippen LogP contribution is -2.52. The number of amides is 4. The Kier molecular flexibility index (Phi) is 11.9. The van der Waals surface area contributed by atoms with Crippen LogP contribution in [0.5, 0.6) is 5.75 Å². The van der Waals surface area contributed by atoms with Crippen molar-refractivity contribution in [3.63, 3.8) is 0 Å². The number of piperidine rings is 1. The fourth-order valence-corrected chi connectivity index (χ4v) is 4.37. The molecule has 4 rings (SSSR count). The van der Waals surface area contributed by atoms with Gasteiger partial charge in [-0.2, -0.15) is 18.4 Å². The van der Waals surface area contributed by atoms with Crippen molar-refractivity contribution in [2.45, 2.75) is 66.2 Å². The monoisotopic (exact) mass is 601 g/mol. The summed E-state index contributed by atoms with van der Waals surface area (Å²) in [6.07, 6.45) is -4.23. The zero-order valence-electron chi connectivity index (χ0n) is 24.7. The first-order valence-electron chi connectivity index (χ1n) is 13.7. The lowest BCUT2D eigenvalue weighted by atomic mass is 10.0. The summed E-state index contributed by atoms with van der Waals surface area (Å²) in [6.45, 7) is 9.49. The summed E-state index contributed by atoms with van der Waals surface area (Å²) < 4.78 is 44.1. The van der Waals surface area contributed by atoms with Gasteiger partial charge in [-0.3, -0.25) is 24.5 Å². The van der Waals surface area contributed by atoms with Gasteiger partial charge in [0.1, 0.15) is 23.6 Å². The number of carbonyl (C=O) groups excluding carboxylic acids is 4. The Morgan fingerprint density at radius 2 is 1.72 bits per heavy atom. The van der Waals surface area contributed by atoms with Gasteiger partial charge in [0, 0.05) is 43.0 Å². The molecule has 0 spiro atoms. The van der Waals surface area contributed by atoms with E-state index in [1.54, 1.807) is 19.2 Å². The van der Waals surface area contributed by atoms with Crippen molar-refractivity contribution < 1.29 is 37.1 Å². The third-order valence-electron chi connectivity index (χ3n) is 6.33. The van der Waals surface area contributed by atoms with Gasteiger partial charge in [0.25, 0.3) is 11.8 Å². The first-order valence-corrected chi connectivity index (χ1v) is 13.7. The van der Waals surface area contributed by atoms with Gasteiger partial charge in [0.05, 0.1) is 11.1 Å². The van der Waals surface area contributed by atoms with Crippen LogP contribution in [-0.4, -0.2) is 41.6 Å². The highest BCUT2D eigenvalue weighted by Crippen LogP contribution is 2.36. The van der Waals surface area contributed by atoms with Crippen LogP contribution in [0.25, 0.3) is 0 Å². The highest BCUT2D eigenvalue weighted by Gasteiger charge is 2.40. The summed E-state index contributed by atoms with van der Waals surface area (Å²) in [5, 5.41) is 17.1. The number of nitriles is 1. The molecule has 1 saturated heterocycles. The van der Waals surface area contributed by atoms with E-state index in [2.05, 4.69) is 16.0 Å². The van der Waals surface area contributed by atoms with Crippen molar-refractivity contribution in [3.05, 3.63) is 64.4 Å². The zero-order chi connectivity index (χ0) is 32.5. The summed E-state index contributed by atoms with van der Waals surface area (Å²) in [5.41, 5.74) is 0.106. The van der Waals surface area contributed by atoms with Crippen LogP contribution in [0, 0.1) is 11.3 Å². The highest BCUT2D eigenvalue weighted by atomic mass is 19.4. The second kappa shape index (κ2) is 14.9. The van der Waals surface area contributed by atoms with Crippen LogP contribution in [0.1, 0.15) is 68.9 Å². The van der Waals surface area contributed by atoms with Gasteiger partial charge in [-0.1, -0.05) is 27.7 Å². The molecule has 13 heteroatoms. The molecule has 43 heavy (non-hydrogen) atoms. The van der Waals surface area contributed by atoms with Gasteiger partial charge in [-0.25, -0.2) is 0 Å². The number of fused-ring (bicyclic) bond motifs is 1. The second-order valence-electron chi connectivity index (χ2n) is 8.82. The average Bonchev–Trinajstić information content (AvgIpc) is 3.30. The van der Waals surface area contributed by atoms with Gasteiger partial charge in [-0.15, -0.1) is 0 Å². The van der Waals surface area contributed by atoms with Crippen molar-refractivity contribution in [3.8, 4) is 11.8 Å². The topological polar surface area (TPSA) is 141 Å². The highest BCUT2D eigenvalue weighted by molar-refractivity contribution is 6.07. The molecule has 10 nitrogen and oxygen atoms in total. The van der Waals surface area contributed by atoms with Gasteiger partial charge in [-0.05, 0) is 43.7 Å². The van der Waals surface area contributed by atoms with Crippen molar-refractivity contribution in [1.82, 2.24) is 10.2 Å². The summed E-state index contributed by atoms with van der Waals surface area (Å²) in [7, 11) is 1.62. The molecule has 1 fully saturated rings. The van der Waals surface area contributed by atoms with Crippen LogP contribution >= 0.6 is 0 Å². The Labute approximate surface area is 247 Å². The van der Waals surface area contributed by atoms with Crippen LogP contribution in [-0.2, 0) is 27.1 Å². The third-order valence-corrected chi connectivity index (χ3v) is 6.33. The molecule has 2 heterocycles. The first-order chi connectivity index (χ1) is 20.4. The Morgan fingerprint density at radius 3 is 2.26 bits per heavy atom. The molecule has 3 N–H and O–H groups in total. The number of allylic oxidation sites excluding steroid dienone is 1. The average molecular weight is 602 g/mol. The Balaban J connectivity index is 0.00000155. The van der Waals surface area contributed by atoms with Crippen molar-refractivity contribution >= 4 is 35.0 Å². The molecule has 2 aliphatic heterocycles. The van der Waals surface area contributed by atoms with Gasteiger partial charge in [0.15, 0.2) is 5.57 Å². The van der Waals surface area contributed by atoms with Gasteiger partial charge in [0.2, 0.25) is 11.8 Å². The Bertz CT molecular complexity index is 1450. The predicted octanol–water partition coefficient (Wildman–Crippen LogP) is 5.38. The molecule has 0 aromatic heterocycles. The number of halogens is 3. The Morgan fingerprint density at radius 1 is 1.09 bits per heavy atom. The molecular weight excluding hydrogens is 567 g/mol. The molecule has 1 unspecified atom stereocenters. The van der Waals surface area contributed by atoms with Crippen LogP contribution in [0.2, 0.25) is 0 Å². The lowest BCUT2D eigenvalue weighted by molar-refractivity contribution is -0.138. The number of ether oxygens (including phenoxy) is 1. The number of alkyl halides is 3. The summed E-state index contributed by atoms with van der Waals surface area (Å²) in [6, 6.07) is 7.63. The number of anilines is 2. The number of nitrogens with one attached hydrogen (secondary N) is 3. The number of carbonyl (C=O) groups is 4. The number of benzene rings is 2. The van der Waals surface area contributed by atoms with E-state index >= 15 is 0 Å². The van der Waals surface area contributed by atoms with Crippen LogP contribution in [0.3, 0.4) is 0 Å². The zero-order valence-corrected chi connectivity index (χ0v) is 24.7. The van der Waals surface area contributed by atoms with E-state index in [9.17, 15) is 37.6 Å². The van der Waals surface area contributed by atoms with E-state index in [1.807, 2.05) is 27.7 Å². The number of imide groups is 1. The third kappa shape index (κ3) is 7.91. The van der Waals surface area contributed by atoms with Gasteiger partial charge < -0.3 is 20.3 Å². The van der Waals surface area contributed by atoms with E-state index in [1.165, 1.54) is 17.9 Å². The van der Waals surface area contributed by atoms with Crippen molar-refractivity contribution in [2.75, 3.05) is 17.7 Å². The van der Waals surface area contributed by atoms with Crippen LogP contribution in [0.15, 0.2) is 47.7 Å². The number of hydrogen-bond donors (Lipinski definition) is 3. The largest absolute Gasteiger partial charge is 0.460 e. The first kappa shape index (κ1) is 34.3. The number of hydrogen-bond acceptors (Lipinski definition) is 7. The minimum atomic E-state index is -4.53. The fraction of sp³-hybridized carbons (Fsp3) is 0.367. The molecule has 4 amide bonds. The molecule has 0 saturated carbocycles. The maximum Gasteiger partial charge on any atom is 0.416 e. The van der Waals surface area contributed by atoms with E-state index in [0.29, 0.717) is 11.3 Å². The molecule has 0 aliphatic carbocycles. The molecular formula is C30H34F3N5O5. The molecule has 0 radical (unpaired) electrons. The van der Waals surface area contributed by atoms with Crippen LogP contribution in [0.4, 0.5) is 24.5 Å². The smallest absolute Gasteiger partial charge is 0.416 e. The van der Waals surface area contributed by atoms with Crippen molar-refractivity contribution in [2.24, 2.45) is 0 Å². The summed E-state index contributed by atoms with van der Waals surface area (Å²) in [5.74, 6) is -2.27. The summed E-state index contributed by atoms with van der Waals surface area (Å²) in [4.78, 5) is 51.1. The maximum atomic E-state index is 13.2. The quantitative estimate of drug-likeness (QED) is 0.175. The van der Waals surface area contributed by atoms with E-state index < -0.39 is 47.0 Å². The SMILES string of the molecule is CC.CC.CNc1cc(O/C(C)=C(/C#N)C(=O)Nc2ccc(C(F)(F)F)cc2)cc2c1CN(C1CCC(=O)NC1=O)C2=O. The summed E-state index contributed by atoms with van der Waals surface area (Å²) >= 11 is 0. The predicted molar refractivity (Wildman–Crippen MR) is 154 cm³/mol. The molecule has 230 valence electrons. The minimum Gasteiger partial charge on any atom is -0.460 e. The lowest BCUT2D eigenvalue weighted by Gasteiger charge is -2.29. The standard InChI is InChI=1S/C26H22F3N5O5.2C2H6/c1-13(18(11-30)23(36)32-15-5-3-14(4-6-15)26(27,28)29)39-16-9-17-19(20(10-16)31-2)12-34(25(17)38)21-7-8-22(35)33-24(21)37;2*1-2/h3-6,9-10,21,31H,7-8,12H2,1-2H3,(H,32,36)(H,33,35,37);2*1-2H3/b18-13-;;. The van der Waals surface area contributed by atoms with E-state index in [0.717, 1.165) is 24.3 Å². The van der Waals surface area contributed by atoms with E-state index in [4.69, 9.17) is 4.74 Å². The van der Waals surface area contributed by atoms with Crippen molar-refractivity contribution in [1.29, 1.82) is 5.26 Å². The molecule has 0 bridgehead atoms. The van der Waals surface area contributed by atoms with Crippen LogP contribution < -0.4 is 20.7 Å². The minimum absolute atomic E-state index is 0.0442. The maximum absolute atomic E-state index is 13.2. The molecule has 1 atom stereocenters. The Hall–Kier alpha value is -4.86. The second-order valence-corrected chi connectivity index (χ2v) is 8.82. The van der Waals surface area contributed by atoms with E-state index in [-0.39, 0.29) is 42.1 Å². The molecule has 2 aromatic carbocycles. The fourth-order valence-electron chi connectivity index (χ4n) is 4.37. The molecule has 2 aromatic rings. The number of nitrogens with zero attached hydrogens (tertiary/aromatic N) is 2. The molecule has 2 aliphatic rings. The normalized spacial score (nSPS) is 16.2.